The first-order valence-corrected chi connectivity index (χ1v) is 25.7. The fraction of sp³-hybridized carbons (Fsp3) is 0.286. The number of anilines is 2. The average Bonchev–Trinajstić information content (AvgIpc) is 4.32. The Morgan fingerprint density at radius 2 is 0.986 bits per heavy atom. The van der Waals surface area contributed by atoms with Crippen LogP contribution in [0, 0.1) is 11.6 Å². The highest BCUT2D eigenvalue weighted by Gasteiger charge is 2.30. The summed E-state index contributed by atoms with van der Waals surface area (Å²) < 4.78 is 37.7. The fourth-order valence-electron chi connectivity index (χ4n) is 9.67. The standard InChI is InChI=1S/C28H27FN4O3.C17H18FN3O3.C11H10BrN/c29-24-15-22-25(33(21-7-8-21)18-23(27(22)34)28(35)36)16-26(24)32-13-11-30(12-14-32)17-19-3-5-20(6-4-19)31-9-1-2-10-31;18-13-7-11-14(8-15(13)20-5-3-19-4-6-20)21(10-1-2-10)9-12(16(11)22)17(23)24;12-9-10-3-5-11(6-4-10)13-7-1-2-8-13/h1-6,9-10,15-16,18,21H,7-8,11-14,17H2,(H,35,36);7-10,19H,1-6H2,(H,23,24);1-8H,9H2. The Bertz CT molecular complexity index is 3400. The zero-order chi connectivity index (χ0) is 50.8. The Kier molecular flexibility index (Phi) is 14.4. The van der Waals surface area contributed by atoms with Crippen LogP contribution < -0.4 is 26.0 Å². The third kappa shape index (κ3) is 10.9. The van der Waals surface area contributed by atoms with E-state index < -0.39 is 34.4 Å². The van der Waals surface area contributed by atoms with Crippen molar-refractivity contribution in [3.63, 3.8) is 0 Å². The molecule has 2 saturated heterocycles. The third-order valence-corrected chi connectivity index (χ3v) is 14.6. The van der Waals surface area contributed by atoms with Crippen molar-refractivity contribution in [1.29, 1.82) is 0 Å². The number of piperazine rings is 2. The first kappa shape index (κ1) is 49.2. The number of carboxylic acid groups (broad SMARTS) is 2. The van der Waals surface area contributed by atoms with Gasteiger partial charge in [-0.05, 0) is 110 Å². The Hall–Kier alpha value is -7.34. The van der Waals surface area contributed by atoms with Gasteiger partial charge in [-0.1, -0.05) is 40.2 Å². The molecule has 0 unspecified atom stereocenters. The van der Waals surface area contributed by atoms with Gasteiger partial charge >= 0.3 is 11.9 Å². The molecule has 2 aliphatic heterocycles. The van der Waals surface area contributed by atoms with Gasteiger partial charge in [-0.25, -0.2) is 18.4 Å². The van der Waals surface area contributed by atoms with Crippen LogP contribution in [-0.4, -0.2) is 97.7 Å². The number of benzene rings is 4. The Morgan fingerprint density at radius 1 is 0.575 bits per heavy atom. The molecule has 17 heteroatoms. The molecule has 2 saturated carbocycles. The molecule has 3 N–H and O–H groups in total. The van der Waals surface area contributed by atoms with Crippen molar-refractivity contribution >= 4 is 61.0 Å². The molecule has 0 bridgehead atoms. The highest BCUT2D eigenvalue weighted by atomic mass is 79.9. The van der Waals surface area contributed by atoms with E-state index in [9.17, 15) is 33.8 Å². The number of nitrogens with one attached hydrogen (secondary N) is 1. The third-order valence-electron chi connectivity index (χ3n) is 14.0. The van der Waals surface area contributed by atoms with Crippen LogP contribution in [0.25, 0.3) is 33.2 Å². The quantitative estimate of drug-likeness (QED) is 0.107. The molecule has 4 aromatic carbocycles. The number of aromatic nitrogens is 4. The molecule has 4 aromatic heterocycles. The number of hydrogen-bond donors (Lipinski definition) is 3. The largest absolute Gasteiger partial charge is 0.477 e. The topological polar surface area (TPSA) is 150 Å². The molecule has 0 amide bonds. The van der Waals surface area contributed by atoms with Crippen LogP contribution in [0.15, 0.2) is 144 Å². The summed E-state index contributed by atoms with van der Waals surface area (Å²) in [5.41, 5.74) is 5.16. The van der Waals surface area contributed by atoms with Crippen LogP contribution >= 0.6 is 15.9 Å². The van der Waals surface area contributed by atoms with Gasteiger partial charge in [0, 0.05) is 136 Å². The molecule has 73 heavy (non-hydrogen) atoms. The molecule has 8 aromatic rings. The van der Waals surface area contributed by atoms with E-state index >= 15 is 4.39 Å². The van der Waals surface area contributed by atoms with Crippen molar-refractivity contribution < 1.29 is 28.6 Å². The summed E-state index contributed by atoms with van der Waals surface area (Å²) in [5.74, 6) is -3.52. The number of hydrogen-bond acceptors (Lipinski definition) is 8. The van der Waals surface area contributed by atoms with Gasteiger partial charge in [0.05, 0.1) is 22.4 Å². The monoisotopic (exact) mass is 1050 g/mol. The first-order valence-electron chi connectivity index (χ1n) is 24.6. The number of rotatable bonds is 11. The molecule has 376 valence electrons. The van der Waals surface area contributed by atoms with Crippen molar-refractivity contribution in [2.45, 2.75) is 49.6 Å². The number of fused-ring (bicyclic) bond motifs is 2. The smallest absolute Gasteiger partial charge is 0.341 e. The van der Waals surface area contributed by atoms with Crippen LogP contribution in [0.5, 0.6) is 0 Å². The van der Waals surface area contributed by atoms with Crippen molar-refractivity contribution in [1.82, 2.24) is 28.5 Å². The number of halogens is 3. The van der Waals surface area contributed by atoms with Crippen LogP contribution in [0.2, 0.25) is 0 Å². The Morgan fingerprint density at radius 3 is 1.38 bits per heavy atom. The summed E-state index contributed by atoms with van der Waals surface area (Å²) in [6, 6.07) is 31.3. The van der Waals surface area contributed by atoms with Gasteiger partial charge in [0.1, 0.15) is 22.8 Å². The second kappa shape index (κ2) is 21.4. The van der Waals surface area contributed by atoms with E-state index in [1.165, 1.54) is 41.3 Å². The van der Waals surface area contributed by atoms with Crippen LogP contribution in [-0.2, 0) is 11.9 Å². The number of nitrogens with zero attached hydrogens (tertiary/aromatic N) is 7. The van der Waals surface area contributed by atoms with Gasteiger partial charge in [0.25, 0.3) is 0 Å². The maximum absolute atomic E-state index is 15.2. The number of pyridine rings is 2. The number of carboxylic acids is 2. The fourth-order valence-corrected chi connectivity index (χ4v) is 10.0. The van der Waals surface area contributed by atoms with Crippen molar-refractivity contribution in [3.05, 3.63) is 189 Å². The molecule has 0 atom stereocenters. The summed E-state index contributed by atoms with van der Waals surface area (Å²) in [6.45, 7) is 6.73. The van der Waals surface area contributed by atoms with E-state index in [4.69, 9.17) is 0 Å². The van der Waals surface area contributed by atoms with Crippen molar-refractivity contribution in [2.75, 3.05) is 62.2 Å². The number of aromatic carboxylic acids is 2. The lowest BCUT2D eigenvalue weighted by molar-refractivity contribution is 0.0684. The second-order valence-electron chi connectivity index (χ2n) is 18.9. The molecule has 4 aliphatic rings. The lowest BCUT2D eigenvalue weighted by Gasteiger charge is -2.36. The molecule has 2 aliphatic carbocycles. The number of carbonyl (C=O) groups is 2. The summed E-state index contributed by atoms with van der Waals surface area (Å²) in [6.07, 6.45) is 14.7. The zero-order valence-corrected chi connectivity index (χ0v) is 41.6. The lowest BCUT2D eigenvalue weighted by atomic mass is 10.1. The molecule has 14 nitrogen and oxygen atoms in total. The number of alkyl halides is 1. The minimum absolute atomic E-state index is 0.130. The van der Waals surface area contributed by atoms with E-state index in [1.54, 1.807) is 12.1 Å². The van der Waals surface area contributed by atoms with Gasteiger partial charge in [-0.2, -0.15) is 0 Å². The highest BCUT2D eigenvalue weighted by Crippen LogP contribution is 2.39. The molecule has 6 heterocycles. The molecule has 0 radical (unpaired) electrons. The minimum atomic E-state index is -1.28. The molecule has 12 rings (SSSR count). The van der Waals surface area contributed by atoms with Gasteiger partial charge in [-0.15, -0.1) is 0 Å². The molecule has 4 fully saturated rings. The van der Waals surface area contributed by atoms with E-state index in [-0.39, 0.29) is 34.0 Å². The Balaban J connectivity index is 0.000000141. The van der Waals surface area contributed by atoms with Crippen LogP contribution in [0.1, 0.15) is 69.6 Å². The summed E-state index contributed by atoms with van der Waals surface area (Å²) in [5, 5.41) is 23.1. The van der Waals surface area contributed by atoms with E-state index in [0.717, 1.165) is 69.4 Å². The lowest BCUT2D eigenvalue weighted by Crippen LogP contribution is -2.46. The maximum Gasteiger partial charge on any atom is 0.341 e. The van der Waals surface area contributed by atoms with Gasteiger partial charge in [0.15, 0.2) is 0 Å². The average molecular weight is 1050 g/mol. The highest BCUT2D eigenvalue weighted by molar-refractivity contribution is 9.08. The normalized spacial score (nSPS) is 15.9. The minimum Gasteiger partial charge on any atom is -0.477 e. The predicted octanol–water partition coefficient (Wildman–Crippen LogP) is 9.24. The summed E-state index contributed by atoms with van der Waals surface area (Å²) >= 11 is 3.42. The molecular weight excluding hydrogens is 999 g/mol. The first-order chi connectivity index (χ1) is 35.4. The van der Waals surface area contributed by atoms with Gasteiger partial charge < -0.3 is 43.6 Å². The summed E-state index contributed by atoms with van der Waals surface area (Å²) in [7, 11) is 0. The molecular formula is C56H55BrF2N8O6. The second-order valence-corrected chi connectivity index (χ2v) is 19.5. The van der Waals surface area contributed by atoms with Crippen molar-refractivity contribution in [2.24, 2.45) is 0 Å². The van der Waals surface area contributed by atoms with Gasteiger partial charge in [0.2, 0.25) is 10.9 Å². The van der Waals surface area contributed by atoms with Crippen LogP contribution in [0.3, 0.4) is 0 Å². The van der Waals surface area contributed by atoms with E-state index in [0.29, 0.717) is 48.6 Å². The van der Waals surface area contributed by atoms with E-state index in [2.05, 4.69) is 83.8 Å². The zero-order valence-electron chi connectivity index (χ0n) is 40.0. The van der Waals surface area contributed by atoms with Gasteiger partial charge in [-0.3, -0.25) is 14.5 Å². The van der Waals surface area contributed by atoms with Crippen LogP contribution in [0.4, 0.5) is 20.2 Å². The predicted molar refractivity (Wildman–Crippen MR) is 284 cm³/mol. The maximum atomic E-state index is 15.2. The molecule has 0 spiro atoms. The van der Waals surface area contributed by atoms with Crippen molar-refractivity contribution in [3.8, 4) is 11.4 Å². The Labute approximate surface area is 428 Å². The SMILES string of the molecule is BrCc1ccc(-n2cccc2)cc1.O=C(O)c1cn(C2CC2)c2cc(N3CCN(Cc4ccc(-n5cccc5)cc4)CC3)c(F)cc2c1=O.O=C(O)c1cn(C2CC2)c2cc(N3CCNCC3)c(F)cc2c1=O. The van der Waals surface area contributed by atoms with E-state index in [1.807, 2.05) is 68.0 Å². The summed E-state index contributed by atoms with van der Waals surface area (Å²) in [4.78, 5) is 54.4.